The van der Waals surface area contributed by atoms with Crippen molar-refractivity contribution in [3.8, 4) is 5.75 Å². The fourth-order valence-electron chi connectivity index (χ4n) is 1.57. The Morgan fingerprint density at radius 3 is 2.84 bits per heavy atom. The van der Waals surface area contributed by atoms with Gasteiger partial charge in [-0.3, -0.25) is 0 Å². The van der Waals surface area contributed by atoms with E-state index in [9.17, 15) is 0 Å². The van der Waals surface area contributed by atoms with E-state index in [2.05, 4.69) is 11.9 Å². The van der Waals surface area contributed by atoms with Gasteiger partial charge in [0.2, 0.25) is 0 Å². The van der Waals surface area contributed by atoms with Crippen molar-refractivity contribution in [3.05, 3.63) is 40.9 Å². The summed E-state index contributed by atoms with van der Waals surface area (Å²) in [6, 6.07) is 5.72. The van der Waals surface area contributed by atoms with E-state index in [0.717, 1.165) is 34.9 Å². The number of nitrogens with one attached hydrogen (secondary N) is 1. The predicted molar refractivity (Wildman–Crippen MR) is 80.0 cm³/mol. The number of methoxy groups -OCH3 is 1. The number of halogens is 1. The molecule has 0 atom stereocenters. The highest BCUT2D eigenvalue weighted by Crippen LogP contribution is 2.26. The van der Waals surface area contributed by atoms with E-state index in [1.165, 1.54) is 0 Å². The molecule has 0 fully saturated rings. The van der Waals surface area contributed by atoms with E-state index in [1.807, 2.05) is 25.1 Å². The number of ether oxygens (including phenoxy) is 2. The molecule has 0 aliphatic carbocycles. The van der Waals surface area contributed by atoms with Crippen LogP contribution in [0.1, 0.15) is 18.9 Å². The summed E-state index contributed by atoms with van der Waals surface area (Å²) in [6.07, 6.45) is 0.850. The van der Waals surface area contributed by atoms with Gasteiger partial charge in [-0.25, -0.2) is 0 Å². The van der Waals surface area contributed by atoms with Crippen molar-refractivity contribution < 1.29 is 9.47 Å². The van der Waals surface area contributed by atoms with Gasteiger partial charge in [0.15, 0.2) is 0 Å². The molecule has 0 bridgehead atoms. The first-order valence-electron chi connectivity index (χ1n) is 6.39. The van der Waals surface area contributed by atoms with Gasteiger partial charge in [-0.15, -0.1) is 6.58 Å². The zero-order chi connectivity index (χ0) is 14.1. The molecule has 0 aliphatic heterocycles. The second-order valence-electron chi connectivity index (χ2n) is 4.44. The summed E-state index contributed by atoms with van der Waals surface area (Å²) in [6.45, 7) is 8.62. The third-order valence-corrected chi connectivity index (χ3v) is 3.00. The van der Waals surface area contributed by atoms with Crippen LogP contribution in [0.5, 0.6) is 5.75 Å². The largest absolute Gasteiger partial charge is 0.493 e. The normalized spacial score (nSPS) is 10.5. The topological polar surface area (TPSA) is 30.5 Å². The number of hydrogen-bond acceptors (Lipinski definition) is 3. The predicted octanol–water partition coefficient (Wildman–Crippen LogP) is 3.42. The monoisotopic (exact) mass is 283 g/mol. The van der Waals surface area contributed by atoms with E-state index in [0.29, 0.717) is 19.8 Å². The van der Waals surface area contributed by atoms with Crippen LogP contribution in [0.2, 0.25) is 5.02 Å². The van der Waals surface area contributed by atoms with Gasteiger partial charge in [0.1, 0.15) is 5.75 Å². The molecule has 0 unspecified atom stereocenters. The maximum absolute atomic E-state index is 6.21. The van der Waals surface area contributed by atoms with Gasteiger partial charge < -0.3 is 14.8 Å². The van der Waals surface area contributed by atoms with Crippen LogP contribution in [0.4, 0.5) is 0 Å². The molecular weight excluding hydrogens is 262 g/mol. The van der Waals surface area contributed by atoms with Gasteiger partial charge in [-0.05, 0) is 19.1 Å². The number of hydrogen-bond donors (Lipinski definition) is 1. The third kappa shape index (κ3) is 6.10. The highest BCUT2D eigenvalue weighted by Gasteiger charge is 2.07. The highest BCUT2D eigenvalue weighted by molar-refractivity contribution is 6.31. The summed E-state index contributed by atoms with van der Waals surface area (Å²) in [4.78, 5) is 0. The summed E-state index contributed by atoms with van der Waals surface area (Å²) < 4.78 is 10.8. The number of rotatable bonds is 9. The van der Waals surface area contributed by atoms with Crippen molar-refractivity contribution in [2.45, 2.75) is 19.9 Å². The highest BCUT2D eigenvalue weighted by atomic mass is 35.5. The van der Waals surface area contributed by atoms with Crippen molar-refractivity contribution in [1.82, 2.24) is 5.32 Å². The molecule has 0 amide bonds. The molecular formula is C15H22ClNO2. The van der Waals surface area contributed by atoms with Gasteiger partial charge in [0.05, 0.1) is 13.2 Å². The van der Waals surface area contributed by atoms with Crippen LogP contribution in [0.25, 0.3) is 0 Å². The van der Waals surface area contributed by atoms with Crippen LogP contribution >= 0.6 is 11.6 Å². The molecule has 0 spiro atoms. The van der Waals surface area contributed by atoms with Crippen LogP contribution < -0.4 is 10.1 Å². The first-order valence-corrected chi connectivity index (χ1v) is 6.77. The SMILES string of the molecule is C=C(C)CCOc1cccc(Cl)c1CNCCOC. The number of benzene rings is 1. The lowest BCUT2D eigenvalue weighted by molar-refractivity contribution is 0.199. The van der Waals surface area contributed by atoms with E-state index < -0.39 is 0 Å². The standard InChI is InChI=1S/C15H22ClNO2/c1-12(2)7-9-19-15-6-4-5-14(16)13(15)11-17-8-10-18-3/h4-6,17H,1,7-11H2,2-3H3. The van der Waals surface area contributed by atoms with Crippen molar-refractivity contribution >= 4 is 11.6 Å². The van der Waals surface area contributed by atoms with Crippen molar-refractivity contribution in [3.63, 3.8) is 0 Å². The Balaban J connectivity index is 2.58. The molecule has 1 N–H and O–H groups in total. The second-order valence-corrected chi connectivity index (χ2v) is 4.85. The van der Waals surface area contributed by atoms with Crippen molar-refractivity contribution in [2.24, 2.45) is 0 Å². The lowest BCUT2D eigenvalue weighted by Gasteiger charge is -2.13. The van der Waals surface area contributed by atoms with Crippen LogP contribution in [0.3, 0.4) is 0 Å². The van der Waals surface area contributed by atoms with E-state index in [1.54, 1.807) is 7.11 Å². The quantitative estimate of drug-likeness (QED) is 0.556. The molecule has 3 nitrogen and oxygen atoms in total. The van der Waals surface area contributed by atoms with Crippen LogP contribution in [-0.2, 0) is 11.3 Å². The molecule has 0 saturated carbocycles. The zero-order valence-corrected chi connectivity index (χ0v) is 12.4. The Labute approximate surface area is 120 Å². The Bertz CT molecular complexity index is 407. The van der Waals surface area contributed by atoms with Gasteiger partial charge in [-0.1, -0.05) is 23.2 Å². The lowest BCUT2D eigenvalue weighted by atomic mass is 10.2. The van der Waals surface area contributed by atoms with Gasteiger partial charge >= 0.3 is 0 Å². The Morgan fingerprint density at radius 2 is 2.16 bits per heavy atom. The summed E-state index contributed by atoms with van der Waals surface area (Å²) in [5, 5.41) is 4.00. The van der Waals surface area contributed by atoms with Crippen LogP contribution in [-0.4, -0.2) is 26.9 Å². The summed E-state index contributed by atoms with van der Waals surface area (Å²) in [5.74, 6) is 0.832. The minimum atomic E-state index is 0.626. The van der Waals surface area contributed by atoms with Gasteiger partial charge in [0, 0.05) is 37.2 Å². The van der Waals surface area contributed by atoms with Crippen molar-refractivity contribution in [1.29, 1.82) is 0 Å². The molecule has 1 aromatic rings. The molecule has 0 radical (unpaired) electrons. The average molecular weight is 284 g/mol. The minimum Gasteiger partial charge on any atom is -0.493 e. The molecule has 106 valence electrons. The second kappa shape index (κ2) is 8.97. The molecule has 0 aliphatic rings. The van der Waals surface area contributed by atoms with Gasteiger partial charge in [0.25, 0.3) is 0 Å². The van der Waals surface area contributed by atoms with E-state index in [-0.39, 0.29) is 0 Å². The third-order valence-electron chi connectivity index (χ3n) is 2.65. The summed E-state index contributed by atoms with van der Waals surface area (Å²) >= 11 is 6.21. The molecule has 0 aromatic heterocycles. The minimum absolute atomic E-state index is 0.626. The zero-order valence-electron chi connectivity index (χ0n) is 11.7. The maximum Gasteiger partial charge on any atom is 0.125 e. The maximum atomic E-state index is 6.21. The molecule has 0 heterocycles. The fourth-order valence-corrected chi connectivity index (χ4v) is 1.80. The molecule has 19 heavy (non-hydrogen) atoms. The van der Waals surface area contributed by atoms with Crippen LogP contribution in [0, 0.1) is 0 Å². The van der Waals surface area contributed by atoms with Crippen LogP contribution in [0.15, 0.2) is 30.4 Å². The first kappa shape index (κ1) is 16.0. The molecule has 0 saturated heterocycles. The lowest BCUT2D eigenvalue weighted by Crippen LogP contribution is -2.19. The smallest absolute Gasteiger partial charge is 0.125 e. The Morgan fingerprint density at radius 1 is 1.37 bits per heavy atom. The van der Waals surface area contributed by atoms with E-state index >= 15 is 0 Å². The fraction of sp³-hybridized carbons (Fsp3) is 0.467. The summed E-state index contributed by atoms with van der Waals surface area (Å²) in [7, 11) is 1.68. The summed E-state index contributed by atoms with van der Waals surface area (Å²) in [5.41, 5.74) is 2.10. The average Bonchev–Trinajstić information content (AvgIpc) is 2.36. The van der Waals surface area contributed by atoms with Crippen molar-refractivity contribution in [2.75, 3.05) is 26.9 Å². The van der Waals surface area contributed by atoms with E-state index in [4.69, 9.17) is 21.1 Å². The molecule has 4 heteroatoms. The molecule has 1 rings (SSSR count). The molecule has 1 aromatic carbocycles. The Hall–Kier alpha value is -1.03. The van der Waals surface area contributed by atoms with Gasteiger partial charge in [-0.2, -0.15) is 0 Å². The Kier molecular flexibility index (Phi) is 7.56. The first-order chi connectivity index (χ1) is 9.15.